The zero-order valence-electron chi connectivity index (χ0n) is 19.0. The van der Waals surface area contributed by atoms with Crippen molar-refractivity contribution in [3.63, 3.8) is 0 Å². The highest BCUT2D eigenvalue weighted by Gasteiger charge is 2.40. The average Bonchev–Trinajstić information content (AvgIpc) is 3.40. The molecule has 1 atom stereocenters. The van der Waals surface area contributed by atoms with Crippen molar-refractivity contribution in [2.45, 2.75) is 12.5 Å². The molecule has 176 valence electrons. The summed E-state index contributed by atoms with van der Waals surface area (Å²) in [4.78, 5) is 46.4. The first-order chi connectivity index (χ1) is 16.5. The topological polar surface area (TPSA) is 98.0 Å². The number of H-pyrrole nitrogens is 1. The van der Waals surface area contributed by atoms with Gasteiger partial charge in [0.25, 0.3) is 5.91 Å². The number of hydrogen-bond acceptors (Lipinski definition) is 5. The number of nitrogens with zero attached hydrogens (tertiary/aromatic N) is 3. The van der Waals surface area contributed by atoms with Crippen LogP contribution in [0.15, 0.2) is 54.7 Å². The highest BCUT2D eigenvalue weighted by molar-refractivity contribution is 6.06. The number of carbonyl (C=O) groups is 3. The molecule has 2 aliphatic heterocycles. The van der Waals surface area contributed by atoms with Crippen LogP contribution in [0.3, 0.4) is 0 Å². The molecule has 0 unspecified atom stereocenters. The van der Waals surface area contributed by atoms with E-state index in [1.165, 1.54) is 0 Å². The normalized spacial score (nSPS) is 18.5. The molecule has 4 amide bonds. The lowest BCUT2D eigenvalue weighted by atomic mass is 10.1. The van der Waals surface area contributed by atoms with Crippen LogP contribution in [0, 0.1) is 0 Å². The molecular weight excluding hydrogens is 434 g/mol. The number of ether oxygens (including phenoxy) is 1. The molecule has 3 heterocycles. The first-order valence-electron chi connectivity index (χ1n) is 11.4. The summed E-state index contributed by atoms with van der Waals surface area (Å²) in [6.45, 7) is 2.20. The van der Waals surface area contributed by atoms with Crippen LogP contribution in [0.5, 0.6) is 5.75 Å². The number of carbonyl (C=O) groups excluding carboxylic acids is 3. The van der Waals surface area contributed by atoms with Crippen LogP contribution in [0.1, 0.15) is 5.56 Å². The van der Waals surface area contributed by atoms with Crippen molar-refractivity contribution in [3.05, 3.63) is 60.3 Å². The number of para-hydroxylation sites is 1. The minimum atomic E-state index is -0.675. The van der Waals surface area contributed by atoms with Crippen LogP contribution >= 0.6 is 0 Å². The summed E-state index contributed by atoms with van der Waals surface area (Å²) < 4.78 is 5.20. The summed E-state index contributed by atoms with van der Waals surface area (Å²) >= 11 is 0. The summed E-state index contributed by atoms with van der Waals surface area (Å²) in [6.07, 6.45) is 2.24. The lowest BCUT2D eigenvalue weighted by Gasteiger charge is -2.36. The fraction of sp³-hybridized carbons (Fsp3) is 0.320. The second-order valence-corrected chi connectivity index (χ2v) is 8.56. The zero-order chi connectivity index (χ0) is 23.7. The molecule has 0 bridgehead atoms. The number of methoxy groups -OCH3 is 1. The van der Waals surface area contributed by atoms with Gasteiger partial charge in [0.15, 0.2) is 0 Å². The van der Waals surface area contributed by atoms with Crippen LogP contribution in [0.2, 0.25) is 0 Å². The molecule has 2 aromatic carbocycles. The fourth-order valence-corrected chi connectivity index (χ4v) is 4.63. The Morgan fingerprint density at radius 1 is 1.03 bits per heavy atom. The van der Waals surface area contributed by atoms with Gasteiger partial charge < -0.3 is 24.8 Å². The monoisotopic (exact) mass is 461 g/mol. The second-order valence-electron chi connectivity index (χ2n) is 8.56. The van der Waals surface area contributed by atoms with Gasteiger partial charge in [-0.2, -0.15) is 0 Å². The van der Waals surface area contributed by atoms with Crippen molar-refractivity contribution in [1.29, 1.82) is 0 Å². The van der Waals surface area contributed by atoms with Gasteiger partial charge in [-0.1, -0.05) is 18.2 Å². The lowest BCUT2D eigenvalue weighted by molar-refractivity contribution is -0.137. The molecule has 9 heteroatoms. The van der Waals surface area contributed by atoms with Crippen molar-refractivity contribution in [1.82, 2.24) is 20.1 Å². The number of aromatic nitrogens is 1. The molecule has 2 aliphatic rings. The molecule has 2 fully saturated rings. The van der Waals surface area contributed by atoms with Gasteiger partial charge in [-0.05, 0) is 35.9 Å². The highest BCUT2D eigenvalue weighted by atomic mass is 16.5. The minimum absolute atomic E-state index is 0.217. The quantitative estimate of drug-likeness (QED) is 0.547. The van der Waals surface area contributed by atoms with Gasteiger partial charge in [-0.15, -0.1) is 0 Å². The average molecular weight is 462 g/mol. The first kappa shape index (κ1) is 21.8. The van der Waals surface area contributed by atoms with Crippen molar-refractivity contribution >= 4 is 34.4 Å². The van der Waals surface area contributed by atoms with E-state index in [-0.39, 0.29) is 18.4 Å². The second kappa shape index (κ2) is 9.09. The Labute approximate surface area is 197 Å². The van der Waals surface area contributed by atoms with E-state index in [0.717, 1.165) is 32.8 Å². The molecule has 2 saturated heterocycles. The van der Waals surface area contributed by atoms with Gasteiger partial charge in [0.05, 0.1) is 7.11 Å². The zero-order valence-corrected chi connectivity index (χ0v) is 19.0. The van der Waals surface area contributed by atoms with E-state index in [2.05, 4.69) is 15.2 Å². The fourth-order valence-electron chi connectivity index (χ4n) is 4.63. The summed E-state index contributed by atoms with van der Waals surface area (Å²) in [5.41, 5.74) is 3.01. The Balaban J connectivity index is 1.17. The third-order valence-electron chi connectivity index (χ3n) is 6.57. The Morgan fingerprint density at radius 3 is 2.50 bits per heavy atom. The van der Waals surface area contributed by atoms with Gasteiger partial charge in [0.1, 0.15) is 18.3 Å². The van der Waals surface area contributed by atoms with Crippen molar-refractivity contribution in [2.24, 2.45) is 0 Å². The smallest absolute Gasteiger partial charge is 0.325 e. The molecule has 2 N–H and O–H groups in total. The Hall–Kier alpha value is -4.01. The van der Waals surface area contributed by atoms with E-state index >= 15 is 0 Å². The number of fused-ring (bicyclic) bond motifs is 1. The molecule has 1 aromatic heterocycles. The molecule has 34 heavy (non-hydrogen) atoms. The molecular formula is C25H27N5O4. The van der Waals surface area contributed by atoms with E-state index in [1.54, 1.807) is 12.0 Å². The number of nitrogens with one attached hydrogen (secondary N) is 2. The predicted molar refractivity (Wildman–Crippen MR) is 128 cm³/mol. The third kappa shape index (κ3) is 4.16. The van der Waals surface area contributed by atoms with Crippen molar-refractivity contribution in [2.75, 3.05) is 44.7 Å². The number of anilines is 1. The summed E-state index contributed by atoms with van der Waals surface area (Å²) in [5, 5.41) is 3.76. The number of amides is 4. The van der Waals surface area contributed by atoms with Crippen LogP contribution in [0.4, 0.5) is 10.5 Å². The third-order valence-corrected chi connectivity index (χ3v) is 6.57. The van der Waals surface area contributed by atoms with Gasteiger partial charge in [0.2, 0.25) is 5.91 Å². The molecule has 0 aliphatic carbocycles. The van der Waals surface area contributed by atoms with Gasteiger partial charge in [-0.3, -0.25) is 14.5 Å². The van der Waals surface area contributed by atoms with Gasteiger partial charge in [-0.25, -0.2) is 4.79 Å². The maximum atomic E-state index is 12.9. The van der Waals surface area contributed by atoms with Crippen LogP contribution in [0.25, 0.3) is 10.9 Å². The van der Waals surface area contributed by atoms with E-state index in [9.17, 15) is 14.4 Å². The summed E-state index contributed by atoms with van der Waals surface area (Å²) in [7, 11) is 1.63. The summed E-state index contributed by atoms with van der Waals surface area (Å²) in [5.74, 6) is 0.222. The molecule has 0 radical (unpaired) electrons. The lowest BCUT2D eigenvalue weighted by Crippen LogP contribution is -2.52. The van der Waals surface area contributed by atoms with E-state index < -0.39 is 12.1 Å². The standard InChI is InChI=1S/C25H27N5O4/c1-34-19-8-6-18(7-9-19)28-10-12-29(13-11-28)23(31)16-30-24(32)22(27-25(30)33)14-17-15-26-21-5-3-2-4-20(17)21/h2-9,15,22,26H,10-14,16H2,1H3,(H,27,33)/t22-/m0/s1. The van der Waals surface area contributed by atoms with Crippen LogP contribution in [-0.2, 0) is 16.0 Å². The van der Waals surface area contributed by atoms with Gasteiger partial charge >= 0.3 is 6.03 Å². The molecule has 0 saturated carbocycles. The number of rotatable bonds is 6. The highest BCUT2D eigenvalue weighted by Crippen LogP contribution is 2.22. The number of piperazine rings is 1. The van der Waals surface area contributed by atoms with Gasteiger partial charge in [0, 0.05) is 55.4 Å². The van der Waals surface area contributed by atoms with Crippen molar-refractivity contribution < 1.29 is 19.1 Å². The number of aromatic amines is 1. The van der Waals surface area contributed by atoms with E-state index in [0.29, 0.717) is 32.6 Å². The predicted octanol–water partition coefficient (Wildman–Crippen LogP) is 1.99. The largest absolute Gasteiger partial charge is 0.497 e. The maximum Gasteiger partial charge on any atom is 0.325 e. The minimum Gasteiger partial charge on any atom is -0.497 e. The number of hydrogen-bond donors (Lipinski definition) is 2. The molecule has 5 rings (SSSR count). The Morgan fingerprint density at radius 2 is 1.76 bits per heavy atom. The van der Waals surface area contributed by atoms with Crippen LogP contribution < -0.4 is 15.0 Å². The SMILES string of the molecule is COc1ccc(N2CCN(C(=O)CN3C(=O)N[C@@H](Cc4c[nH]c5ccccc45)C3=O)CC2)cc1. The number of benzene rings is 2. The molecule has 0 spiro atoms. The summed E-state index contributed by atoms with van der Waals surface area (Å²) in [6, 6.07) is 14.5. The van der Waals surface area contributed by atoms with Crippen molar-refractivity contribution in [3.8, 4) is 5.75 Å². The van der Waals surface area contributed by atoms with E-state index in [4.69, 9.17) is 4.74 Å². The number of urea groups is 1. The molecule has 3 aromatic rings. The first-order valence-corrected chi connectivity index (χ1v) is 11.4. The maximum absolute atomic E-state index is 12.9. The Kier molecular flexibility index (Phi) is 5.83. The Bertz CT molecular complexity index is 1210. The van der Waals surface area contributed by atoms with E-state index in [1.807, 2.05) is 54.7 Å². The number of imide groups is 1. The van der Waals surface area contributed by atoms with Crippen LogP contribution in [-0.4, -0.2) is 78.5 Å². The molecule has 9 nitrogen and oxygen atoms in total.